The SMILES string of the molecule is CCCCCCCC(=O)OC[N+]1(CCc2c(C)nc3n(c2=O)CCCC3)CCC(c2noc3cc(F)ccc23)CC1.[Cl-]. The normalized spacial score (nSPS) is 20.2. The Morgan fingerprint density at radius 1 is 1.17 bits per heavy atom. The summed E-state index contributed by atoms with van der Waals surface area (Å²) in [4.78, 5) is 30.9. The van der Waals surface area contributed by atoms with Gasteiger partial charge in [0.25, 0.3) is 5.56 Å². The summed E-state index contributed by atoms with van der Waals surface area (Å²) in [5, 5.41) is 5.16. The van der Waals surface area contributed by atoms with E-state index in [2.05, 4.69) is 12.1 Å². The molecule has 0 aliphatic carbocycles. The van der Waals surface area contributed by atoms with E-state index in [1.807, 2.05) is 11.5 Å². The third-order valence-electron chi connectivity index (χ3n) is 9.15. The predicted octanol–water partition coefficient (Wildman–Crippen LogP) is 2.97. The molecule has 10 heteroatoms. The number of halogens is 2. The minimum atomic E-state index is -0.338. The van der Waals surface area contributed by atoms with Crippen molar-refractivity contribution in [1.82, 2.24) is 14.7 Å². The van der Waals surface area contributed by atoms with Crippen molar-refractivity contribution in [3.05, 3.63) is 57.1 Å². The van der Waals surface area contributed by atoms with Gasteiger partial charge in [-0.1, -0.05) is 37.8 Å². The van der Waals surface area contributed by atoms with Crippen molar-refractivity contribution in [3.63, 3.8) is 0 Å². The highest BCUT2D eigenvalue weighted by Crippen LogP contribution is 2.35. The highest BCUT2D eigenvalue weighted by atomic mass is 35.5. The Morgan fingerprint density at radius 3 is 2.74 bits per heavy atom. The number of carbonyl (C=O) groups excluding carboxylic acids is 1. The van der Waals surface area contributed by atoms with Gasteiger partial charge in [-0.3, -0.25) is 18.6 Å². The number of hydrogen-bond acceptors (Lipinski definition) is 6. The largest absolute Gasteiger partial charge is 1.00 e. The van der Waals surface area contributed by atoms with E-state index in [-0.39, 0.29) is 35.7 Å². The molecule has 0 atom stereocenters. The van der Waals surface area contributed by atoms with Gasteiger partial charge >= 0.3 is 5.97 Å². The number of ether oxygens (including phenoxy) is 1. The van der Waals surface area contributed by atoms with Gasteiger partial charge in [-0.2, -0.15) is 0 Å². The van der Waals surface area contributed by atoms with Crippen molar-refractivity contribution in [2.45, 2.75) is 103 Å². The molecule has 1 fully saturated rings. The minimum Gasteiger partial charge on any atom is -1.00 e. The molecule has 2 aliphatic rings. The summed E-state index contributed by atoms with van der Waals surface area (Å²) in [6, 6.07) is 4.57. The Hall–Kier alpha value is -2.78. The molecule has 0 radical (unpaired) electrons. The average molecular weight is 603 g/mol. The first-order valence-electron chi connectivity index (χ1n) is 15.5. The lowest BCUT2D eigenvalue weighted by Gasteiger charge is -2.42. The van der Waals surface area contributed by atoms with E-state index in [9.17, 15) is 14.0 Å². The van der Waals surface area contributed by atoms with Crippen molar-refractivity contribution >= 4 is 16.9 Å². The summed E-state index contributed by atoms with van der Waals surface area (Å²) < 4.78 is 27.5. The van der Waals surface area contributed by atoms with E-state index in [1.165, 1.54) is 25.0 Å². The second-order valence-corrected chi connectivity index (χ2v) is 12.1. The first kappa shape index (κ1) is 32.1. The van der Waals surface area contributed by atoms with Gasteiger partial charge in [-0.05, 0) is 38.3 Å². The maximum absolute atomic E-state index is 13.7. The van der Waals surface area contributed by atoms with E-state index >= 15 is 0 Å². The van der Waals surface area contributed by atoms with Crippen molar-refractivity contribution in [2.24, 2.45) is 0 Å². The Balaban J connectivity index is 0.00000405. The van der Waals surface area contributed by atoms with E-state index in [1.54, 1.807) is 6.07 Å². The van der Waals surface area contributed by atoms with Gasteiger partial charge in [-0.15, -0.1) is 0 Å². The van der Waals surface area contributed by atoms with Crippen molar-refractivity contribution in [3.8, 4) is 0 Å². The first-order valence-corrected chi connectivity index (χ1v) is 15.5. The highest BCUT2D eigenvalue weighted by molar-refractivity contribution is 5.79. The van der Waals surface area contributed by atoms with Gasteiger partial charge < -0.3 is 21.7 Å². The number of aromatic nitrogens is 3. The second-order valence-electron chi connectivity index (χ2n) is 12.1. The van der Waals surface area contributed by atoms with E-state index in [0.29, 0.717) is 36.2 Å². The molecule has 5 rings (SSSR count). The number of nitrogens with zero attached hydrogens (tertiary/aromatic N) is 4. The predicted molar refractivity (Wildman–Crippen MR) is 155 cm³/mol. The van der Waals surface area contributed by atoms with Gasteiger partial charge in [0.1, 0.15) is 11.6 Å². The second kappa shape index (κ2) is 14.6. The third kappa shape index (κ3) is 7.40. The quantitative estimate of drug-likeness (QED) is 0.180. The Morgan fingerprint density at radius 2 is 1.95 bits per heavy atom. The average Bonchev–Trinajstić information content (AvgIpc) is 3.39. The Bertz CT molecular complexity index is 1410. The van der Waals surface area contributed by atoms with Crippen LogP contribution in [-0.4, -0.2) is 51.5 Å². The van der Waals surface area contributed by atoms with E-state index in [4.69, 9.17) is 14.2 Å². The van der Waals surface area contributed by atoms with Crippen LogP contribution < -0.4 is 18.0 Å². The molecular weight excluding hydrogens is 559 g/mol. The summed E-state index contributed by atoms with van der Waals surface area (Å²) in [5.74, 6) is 0.603. The van der Waals surface area contributed by atoms with Gasteiger partial charge in [0.15, 0.2) is 5.58 Å². The summed E-state index contributed by atoms with van der Waals surface area (Å²) in [7, 11) is 0. The fourth-order valence-electron chi connectivity index (χ4n) is 6.55. The molecule has 8 nitrogen and oxygen atoms in total. The lowest BCUT2D eigenvalue weighted by Crippen LogP contribution is -3.00. The zero-order valence-corrected chi connectivity index (χ0v) is 25.8. The summed E-state index contributed by atoms with van der Waals surface area (Å²) in [6.07, 6.45) is 11.1. The molecule has 0 spiro atoms. The van der Waals surface area contributed by atoms with Gasteiger partial charge in [0.05, 0.1) is 25.3 Å². The van der Waals surface area contributed by atoms with Crippen LogP contribution in [0.3, 0.4) is 0 Å². The lowest BCUT2D eigenvalue weighted by atomic mass is 9.90. The molecule has 42 heavy (non-hydrogen) atoms. The van der Waals surface area contributed by atoms with Crippen LogP contribution in [-0.2, 0) is 28.9 Å². The number of piperidine rings is 1. The summed E-state index contributed by atoms with van der Waals surface area (Å²) in [6.45, 7) is 7.47. The highest BCUT2D eigenvalue weighted by Gasteiger charge is 2.37. The molecule has 0 unspecified atom stereocenters. The third-order valence-corrected chi connectivity index (χ3v) is 9.15. The smallest absolute Gasteiger partial charge is 0.310 e. The number of likely N-dealkylation sites (tertiary alicyclic amines) is 1. The number of hydrogen-bond donors (Lipinski definition) is 0. The van der Waals surface area contributed by atoms with Crippen LogP contribution in [0, 0.1) is 12.7 Å². The molecule has 0 amide bonds. The Kier molecular flexibility index (Phi) is 11.2. The van der Waals surface area contributed by atoms with Crippen LogP contribution in [0.25, 0.3) is 11.0 Å². The van der Waals surface area contributed by atoms with Gasteiger partial charge in [-0.25, -0.2) is 9.37 Å². The molecule has 1 aromatic carbocycles. The number of aryl methyl sites for hydroxylation is 2. The van der Waals surface area contributed by atoms with E-state index in [0.717, 1.165) is 99.2 Å². The van der Waals surface area contributed by atoms with Crippen LogP contribution in [0.5, 0.6) is 0 Å². The van der Waals surface area contributed by atoms with Gasteiger partial charge in [0, 0.05) is 67.3 Å². The molecular formula is C32H44ClFN4O4. The topological polar surface area (TPSA) is 87.2 Å². The monoisotopic (exact) mass is 602 g/mol. The van der Waals surface area contributed by atoms with Crippen molar-refractivity contribution in [1.29, 1.82) is 0 Å². The molecule has 230 valence electrons. The van der Waals surface area contributed by atoms with Crippen LogP contribution in [0.1, 0.15) is 99.8 Å². The summed E-state index contributed by atoms with van der Waals surface area (Å²) in [5.41, 5.74) is 3.03. The van der Waals surface area contributed by atoms with Crippen molar-refractivity contribution in [2.75, 3.05) is 26.4 Å². The number of quaternary nitrogens is 1. The van der Waals surface area contributed by atoms with Crippen molar-refractivity contribution < 1.29 is 35.3 Å². The number of benzene rings is 1. The standard InChI is InChI=1S/C32H44FN4O4.ClH/c1-3-4-5-6-7-11-30(38)40-22-37(20-16-26-23(2)34-29-10-8-9-17-36(29)32(26)39)18-14-24(15-19-37)31-27-13-12-25(33)21-28(27)41-35-31;/h12-13,21,24H,3-11,14-20,22H2,1-2H3;1H/q+1;/p-1. The molecule has 3 aromatic rings. The number of unbranched alkanes of at least 4 members (excludes halogenated alkanes) is 4. The Labute approximate surface area is 253 Å². The molecule has 2 aliphatic heterocycles. The lowest BCUT2D eigenvalue weighted by molar-refractivity contribution is -0.948. The molecule has 0 bridgehead atoms. The van der Waals surface area contributed by atoms with Crippen LogP contribution in [0.15, 0.2) is 27.5 Å². The first-order chi connectivity index (χ1) is 19.9. The fraction of sp³-hybridized carbons (Fsp3) is 0.625. The van der Waals surface area contributed by atoms with E-state index < -0.39 is 0 Å². The molecule has 0 N–H and O–H groups in total. The number of fused-ring (bicyclic) bond motifs is 2. The van der Waals surface area contributed by atoms with Crippen LogP contribution >= 0.6 is 0 Å². The molecule has 0 saturated carbocycles. The number of rotatable bonds is 12. The summed E-state index contributed by atoms with van der Waals surface area (Å²) >= 11 is 0. The number of esters is 1. The molecule has 1 saturated heterocycles. The molecule has 4 heterocycles. The van der Waals surface area contributed by atoms with Gasteiger partial charge in [0.2, 0.25) is 6.73 Å². The van der Waals surface area contributed by atoms with Crippen LogP contribution in [0.4, 0.5) is 4.39 Å². The fourth-order valence-corrected chi connectivity index (χ4v) is 6.55. The minimum absolute atomic E-state index is 0. The zero-order chi connectivity index (χ0) is 28.8. The maximum atomic E-state index is 13.7. The number of carbonyl (C=O) groups is 1. The zero-order valence-electron chi connectivity index (χ0n) is 25.0. The molecule has 2 aromatic heterocycles. The van der Waals surface area contributed by atoms with Crippen LogP contribution in [0.2, 0.25) is 0 Å². The maximum Gasteiger partial charge on any atom is 0.310 e.